The van der Waals surface area contributed by atoms with E-state index >= 15 is 0 Å². The fourth-order valence-electron chi connectivity index (χ4n) is 6.46. The van der Waals surface area contributed by atoms with E-state index in [1.165, 1.54) is 64.2 Å². The number of hydrogen-bond acceptors (Lipinski definition) is 1. The van der Waals surface area contributed by atoms with E-state index in [1.54, 1.807) is 13.3 Å². The van der Waals surface area contributed by atoms with Crippen molar-refractivity contribution >= 4 is 18.4 Å². The second kappa shape index (κ2) is 11.8. The summed E-state index contributed by atoms with van der Waals surface area (Å²) in [6, 6.07) is 0. The van der Waals surface area contributed by atoms with Crippen LogP contribution in [0.15, 0.2) is 10.2 Å². The van der Waals surface area contributed by atoms with Gasteiger partial charge in [-0.2, -0.15) is 0 Å². The van der Waals surface area contributed by atoms with Crippen molar-refractivity contribution in [2.45, 2.75) is 125 Å². The second-order valence-corrected chi connectivity index (χ2v) is 23.6. The number of unbranched alkanes of at least 4 members (excludes halogenated alkanes) is 3. The Labute approximate surface area is 181 Å². The van der Waals surface area contributed by atoms with Crippen molar-refractivity contribution in [1.82, 2.24) is 0 Å². The molecular formula is C26H50OSn. The third kappa shape index (κ3) is 6.02. The Morgan fingerprint density at radius 1 is 0.964 bits per heavy atom. The first kappa shape index (κ1) is 24.8. The number of fused-ring (bicyclic) bond motifs is 1. The number of aliphatic hydroxyl groups excluding tert-OH is 1. The van der Waals surface area contributed by atoms with Crippen molar-refractivity contribution < 1.29 is 5.11 Å². The van der Waals surface area contributed by atoms with Crippen LogP contribution in [0.3, 0.4) is 0 Å². The van der Waals surface area contributed by atoms with Crippen LogP contribution in [-0.4, -0.2) is 29.6 Å². The summed E-state index contributed by atoms with van der Waals surface area (Å²) in [5, 5.41) is 10.5. The van der Waals surface area contributed by atoms with Crippen molar-refractivity contribution in [3.05, 3.63) is 10.2 Å². The van der Waals surface area contributed by atoms with Crippen LogP contribution in [0.2, 0.25) is 13.3 Å². The fraction of sp³-hybridized carbons (Fsp3) is 0.923. The Morgan fingerprint density at radius 3 is 2.07 bits per heavy atom. The average molecular weight is 497 g/mol. The number of aliphatic hydroxyl groups is 1. The van der Waals surface area contributed by atoms with Gasteiger partial charge in [0.05, 0.1) is 0 Å². The molecule has 2 aliphatic carbocycles. The SMILES string of the molecule is CCC[CH2][Sn]([CH]=C[C@H](C)C1(C)CCC2C(O)CCCC21)([CH2]CCC)[CH2]CCC. The van der Waals surface area contributed by atoms with Gasteiger partial charge in [0.15, 0.2) is 0 Å². The maximum absolute atomic E-state index is 10.5. The molecule has 0 spiro atoms. The van der Waals surface area contributed by atoms with Crippen LogP contribution in [0.4, 0.5) is 0 Å². The molecule has 2 rings (SSSR count). The van der Waals surface area contributed by atoms with E-state index in [1.807, 2.05) is 0 Å². The van der Waals surface area contributed by atoms with Crippen LogP contribution < -0.4 is 0 Å². The maximum atomic E-state index is 10.5. The van der Waals surface area contributed by atoms with Crippen molar-refractivity contribution in [3.8, 4) is 0 Å². The standard InChI is InChI=1S/C14H23O.3C4H9.Sn/c1-4-10(2)14(3)9-8-11-12(14)6-5-7-13(11)15;3*1-3-4-2;/h1,4,10-13,15H,5-9H2,2-3H3;3*1,3-4H2,2H3;/t10-,11?,12?,13?,14?;;;;/m0..../s1. The van der Waals surface area contributed by atoms with Crippen LogP contribution in [0.1, 0.15) is 105 Å². The van der Waals surface area contributed by atoms with Gasteiger partial charge >= 0.3 is 181 Å². The fourth-order valence-corrected chi connectivity index (χ4v) is 21.1. The molecule has 0 amide bonds. The number of allylic oxidation sites excluding steroid dienone is 1. The molecule has 4 unspecified atom stereocenters. The summed E-state index contributed by atoms with van der Waals surface area (Å²) in [6.45, 7) is 12.2. The summed E-state index contributed by atoms with van der Waals surface area (Å²) >= 11 is -2.17. The molecule has 5 atom stereocenters. The zero-order chi connectivity index (χ0) is 20.6. The monoisotopic (exact) mass is 498 g/mol. The van der Waals surface area contributed by atoms with Crippen LogP contribution >= 0.6 is 0 Å². The Hall–Kier alpha value is 0.499. The first-order valence-electron chi connectivity index (χ1n) is 12.8. The molecule has 2 heteroatoms. The average Bonchev–Trinajstić information content (AvgIpc) is 3.06. The molecule has 164 valence electrons. The predicted molar refractivity (Wildman–Crippen MR) is 127 cm³/mol. The van der Waals surface area contributed by atoms with E-state index in [0.717, 1.165) is 12.3 Å². The molecule has 2 fully saturated rings. The van der Waals surface area contributed by atoms with E-state index in [2.05, 4.69) is 44.8 Å². The molecule has 2 aliphatic rings. The molecule has 0 heterocycles. The molecule has 0 aromatic rings. The van der Waals surface area contributed by atoms with Crippen molar-refractivity contribution in [1.29, 1.82) is 0 Å². The molecule has 0 aromatic heterocycles. The van der Waals surface area contributed by atoms with Crippen LogP contribution in [0.5, 0.6) is 0 Å². The minimum absolute atomic E-state index is 0.0197. The first-order valence-corrected chi connectivity index (χ1v) is 20.5. The van der Waals surface area contributed by atoms with Gasteiger partial charge < -0.3 is 0 Å². The van der Waals surface area contributed by atoms with Gasteiger partial charge in [0.25, 0.3) is 0 Å². The summed E-state index contributed by atoms with van der Waals surface area (Å²) in [7, 11) is 0. The molecule has 28 heavy (non-hydrogen) atoms. The van der Waals surface area contributed by atoms with Gasteiger partial charge in [-0.1, -0.05) is 0 Å². The van der Waals surface area contributed by atoms with Crippen molar-refractivity contribution in [2.75, 3.05) is 0 Å². The van der Waals surface area contributed by atoms with Gasteiger partial charge in [0.1, 0.15) is 0 Å². The Balaban J connectivity index is 2.16. The van der Waals surface area contributed by atoms with Gasteiger partial charge in [-0.15, -0.1) is 0 Å². The number of rotatable bonds is 12. The van der Waals surface area contributed by atoms with Crippen LogP contribution in [0, 0.1) is 23.2 Å². The Kier molecular flexibility index (Phi) is 10.4. The molecule has 0 bridgehead atoms. The van der Waals surface area contributed by atoms with Gasteiger partial charge in [0.2, 0.25) is 0 Å². The molecule has 1 N–H and O–H groups in total. The predicted octanol–water partition coefficient (Wildman–Crippen LogP) is 8.14. The Bertz CT molecular complexity index is 451. The molecular weight excluding hydrogens is 447 g/mol. The van der Waals surface area contributed by atoms with Gasteiger partial charge in [-0.3, -0.25) is 0 Å². The molecule has 0 aliphatic heterocycles. The quantitative estimate of drug-likeness (QED) is 0.270. The van der Waals surface area contributed by atoms with Gasteiger partial charge in [0, 0.05) is 0 Å². The molecule has 0 radical (unpaired) electrons. The summed E-state index contributed by atoms with van der Waals surface area (Å²) in [6.07, 6.45) is 17.4. The summed E-state index contributed by atoms with van der Waals surface area (Å²) in [5.74, 6) is 2.01. The van der Waals surface area contributed by atoms with Gasteiger partial charge in [-0.05, 0) is 0 Å². The third-order valence-electron chi connectivity index (χ3n) is 8.75. The van der Waals surface area contributed by atoms with E-state index in [-0.39, 0.29) is 6.10 Å². The van der Waals surface area contributed by atoms with Crippen LogP contribution in [-0.2, 0) is 0 Å². The zero-order valence-corrected chi connectivity index (χ0v) is 22.7. The summed E-state index contributed by atoms with van der Waals surface area (Å²) in [4.78, 5) is 0. The van der Waals surface area contributed by atoms with E-state index in [4.69, 9.17) is 0 Å². The first-order chi connectivity index (χ1) is 13.4. The normalized spacial score (nSPS) is 32.0. The van der Waals surface area contributed by atoms with E-state index in [9.17, 15) is 5.11 Å². The Morgan fingerprint density at radius 2 is 1.54 bits per heavy atom. The van der Waals surface area contributed by atoms with Gasteiger partial charge in [-0.25, -0.2) is 0 Å². The van der Waals surface area contributed by atoms with Crippen LogP contribution in [0.25, 0.3) is 0 Å². The van der Waals surface area contributed by atoms with Crippen molar-refractivity contribution in [3.63, 3.8) is 0 Å². The van der Waals surface area contributed by atoms with Crippen molar-refractivity contribution in [2.24, 2.45) is 23.2 Å². The molecule has 0 aromatic carbocycles. The molecule has 0 saturated heterocycles. The minimum atomic E-state index is -2.17. The summed E-state index contributed by atoms with van der Waals surface area (Å²) in [5.41, 5.74) is 0.417. The van der Waals surface area contributed by atoms with E-state index < -0.39 is 18.4 Å². The molecule has 2 saturated carbocycles. The molecule has 1 nitrogen and oxygen atoms in total. The summed E-state index contributed by atoms with van der Waals surface area (Å²) < 4.78 is 7.64. The number of hydrogen-bond donors (Lipinski definition) is 1. The topological polar surface area (TPSA) is 20.2 Å². The van der Waals surface area contributed by atoms with E-state index in [0.29, 0.717) is 17.3 Å². The third-order valence-corrected chi connectivity index (χ3v) is 22.9. The second-order valence-electron chi connectivity index (χ2n) is 10.6. The zero-order valence-electron chi connectivity index (χ0n) is 19.8.